The maximum atomic E-state index is 8.08. The maximum Gasteiger partial charge on any atom is 0.193 e. The quantitative estimate of drug-likeness (QED) is 0.464. The molecule has 110 valence electrons. The standard InChI is InChI=1S/C15H25N5/c1-12-11-13(5-6-14(12)16)19-7-4-8-20(10-9-19)15(17)18(2)3/h5-6,11,17H,4,7-10,16H2,1-3H3. The first kappa shape index (κ1) is 14.5. The highest BCUT2D eigenvalue weighted by Crippen LogP contribution is 2.21. The molecular formula is C15H25N5. The van der Waals surface area contributed by atoms with E-state index in [1.807, 2.05) is 32.0 Å². The number of benzene rings is 1. The fourth-order valence-corrected chi connectivity index (χ4v) is 2.53. The van der Waals surface area contributed by atoms with Gasteiger partial charge < -0.3 is 20.4 Å². The highest BCUT2D eigenvalue weighted by Gasteiger charge is 2.18. The zero-order valence-corrected chi connectivity index (χ0v) is 12.7. The second-order valence-electron chi connectivity index (χ2n) is 5.59. The average molecular weight is 275 g/mol. The topological polar surface area (TPSA) is 59.6 Å². The van der Waals surface area contributed by atoms with Gasteiger partial charge in [-0.25, -0.2) is 0 Å². The molecule has 1 aliphatic rings. The second kappa shape index (κ2) is 6.03. The number of nitrogens with one attached hydrogen (secondary N) is 1. The van der Waals surface area contributed by atoms with E-state index in [0.29, 0.717) is 5.96 Å². The molecular weight excluding hydrogens is 250 g/mol. The van der Waals surface area contributed by atoms with Crippen LogP contribution in [0.3, 0.4) is 0 Å². The van der Waals surface area contributed by atoms with Gasteiger partial charge in [-0.3, -0.25) is 5.41 Å². The Morgan fingerprint density at radius 2 is 1.95 bits per heavy atom. The van der Waals surface area contributed by atoms with Gasteiger partial charge in [0.05, 0.1) is 0 Å². The lowest BCUT2D eigenvalue weighted by atomic mass is 10.1. The first-order valence-corrected chi connectivity index (χ1v) is 7.11. The normalized spacial score (nSPS) is 15.9. The third-order valence-corrected chi connectivity index (χ3v) is 3.84. The largest absolute Gasteiger partial charge is 0.399 e. The molecule has 2 rings (SSSR count). The van der Waals surface area contributed by atoms with E-state index >= 15 is 0 Å². The molecule has 1 saturated heterocycles. The van der Waals surface area contributed by atoms with E-state index in [2.05, 4.69) is 21.9 Å². The van der Waals surface area contributed by atoms with Gasteiger partial charge in [0.2, 0.25) is 0 Å². The Morgan fingerprint density at radius 3 is 2.60 bits per heavy atom. The zero-order chi connectivity index (χ0) is 14.7. The molecule has 0 amide bonds. The fraction of sp³-hybridized carbons (Fsp3) is 0.533. The van der Waals surface area contributed by atoms with Crippen LogP contribution in [-0.2, 0) is 0 Å². The Kier molecular flexibility index (Phi) is 4.37. The minimum Gasteiger partial charge on any atom is -0.399 e. The fourth-order valence-electron chi connectivity index (χ4n) is 2.53. The number of hydrogen-bond acceptors (Lipinski definition) is 3. The molecule has 5 heteroatoms. The van der Waals surface area contributed by atoms with Crippen LogP contribution in [0.2, 0.25) is 0 Å². The molecule has 1 heterocycles. The van der Waals surface area contributed by atoms with Crippen molar-refractivity contribution in [2.45, 2.75) is 13.3 Å². The number of nitrogens with two attached hydrogens (primary N) is 1. The van der Waals surface area contributed by atoms with Gasteiger partial charge in [0.25, 0.3) is 0 Å². The summed E-state index contributed by atoms with van der Waals surface area (Å²) in [6.45, 7) is 5.85. The van der Waals surface area contributed by atoms with E-state index in [0.717, 1.165) is 43.9 Å². The summed E-state index contributed by atoms with van der Waals surface area (Å²) in [5.74, 6) is 0.598. The Hall–Kier alpha value is -1.91. The van der Waals surface area contributed by atoms with Crippen LogP contribution >= 0.6 is 0 Å². The molecule has 0 unspecified atom stereocenters. The van der Waals surface area contributed by atoms with Crippen molar-refractivity contribution < 1.29 is 0 Å². The number of hydrogen-bond donors (Lipinski definition) is 2. The van der Waals surface area contributed by atoms with Gasteiger partial charge in [0.1, 0.15) is 0 Å². The number of nitrogens with zero attached hydrogens (tertiary/aromatic N) is 3. The maximum absolute atomic E-state index is 8.08. The van der Waals surface area contributed by atoms with Crippen LogP contribution in [0, 0.1) is 12.3 Å². The summed E-state index contributed by atoms with van der Waals surface area (Å²) in [5.41, 5.74) is 9.09. The lowest BCUT2D eigenvalue weighted by molar-refractivity contribution is 0.382. The predicted octanol–water partition coefficient (Wildman–Crippen LogP) is 1.59. The van der Waals surface area contributed by atoms with Crippen LogP contribution in [0.4, 0.5) is 11.4 Å². The van der Waals surface area contributed by atoms with E-state index in [4.69, 9.17) is 11.1 Å². The van der Waals surface area contributed by atoms with E-state index in [9.17, 15) is 0 Å². The minimum absolute atomic E-state index is 0.598. The molecule has 0 aromatic heterocycles. The SMILES string of the molecule is Cc1cc(N2CCCN(C(=N)N(C)C)CC2)ccc1N. The van der Waals surface area contributed by atoms with Gasteiger partial charge in [0, 0.05) is 51.6 Å². The summed E-state index contributed by atoms with van der Waals surface area (Å²) in [6, 6.07) is 6.23. The van der Waals surface area contributed by atoms with E-state index < -0.39 is 0 Å². The molecule has 5 nitrogen and oxygen atoms in total. The first-order chi connectivity index (χ1) is 9.49. The van der Waals surface area contributed by atoms with E-state index in [-0.39, 0.29) is 0 Å². The number of guanidine groups is 1. The molecule has 1 aromatic carbocycles. The number of aryl methyl sites for hydroxylation is 1. The van der Waals surface area contributed by atoms with Crippen molar-refractivity contribution in [1.29, 1.82) is 5.41 Å². The molecule has 0 aliphatic carbocycles. The van der Waals surface area contributed by atoms with Gasteiger partial charge in [0.15, 0.2) is 5.96 Å². The summed E-state index contributed by atoms with van der Waals surface area (Å²) in [7, 11) is 3.85. The lowest BCUT2D eigenvalue weighted by Gasteiger charge is -2.28. The highest BCUT2D eigenvalue weighted by atomic mass is 15.4. The Labute approximate surface area is 121 Å². The summed E-state index contributed by atoms with van der Waals surface area (Å²) >= 11 is 0. The number of anilines is 2. The van der Waals surface area contributed by atoms with Crippen LogP contribution in [-0.4, -0.2) is 56.0 Å². The van der Waals surface area contributed by atoms with E-state index in [1.54, 1.807) is 0 Å². The molecule has 0 atom stereocenters. The molecule has 3 N–H and O–H groups in total. The summed E-state index contributed by atoms with van der Waals surface area (Å²) in [5, 5.41) is 8.08. The Bertz CT molecular complexity index is 483. The third kappa shape index (κ3) is 3.15. The van der Waals surface area contributed by atoms with Crippen molar-refractivity contribution in [2.75, 3.05) is 50.9 Å². The molecule has 1 fully saturated rings. The van der Waals surface area contributed by atoms with Crippen molar-refractivity contribution in [3.05, 3.63) is 23.8 Å². The van der Waals surface area contributed by atoms with Crippen molar-refractivity contribution in [3.8, 4) is 0 Å². The third-order valence-electron chi connectivity index (χ3n) is 3.84. The predicted molar refractivity (Wildman–Crippen MR) is 85.4 cm³/mol. The minimum atomic E-state index is 0.598. The van der Waals surface area contributed by atoms with Gasteiger partial charge in [-0.2, -0.15) is 0 Å². The van der Waals surface area contributed by atoms with Crippen molar-refractivity contribution in [3.63, 3.8) is 0 Å². The number of rotatable bonds is 1. The highest BCUT2D eigenvalue weighted by molar-refractivity contribution is 5.76. The summed E-state index contributed by atoms with van der Waals surface area (Å²) < 4.78 is 0. The van der Waals surface area contributed by atoms with Crippen molar-refractivity contribution in [1.82, 2.24) is 9.80 Å². The molecule has 0 saturated carbocycles. The second-order valence-corrected chi connectivity index (χ2v) is 5.59. The molecule has 1 aliphatic heterocycles. The van der Waals surface area contributed by atoms with Gasteiger partial charge in [-0.15, -0.1) is 0 Å². The van der Waals surface area contributed by atoms with E-state index in [1.165, 1.54) is 5.69 Å². The molecule has 20 heavy (non-hydrogen) atoms. The molecule has 1 aromatic rings. The average Bonchev–Trinajstić information content (AvgIpc) is 2.66. The van der Waals surface area contributed by atoms with Crippen molar-refractivity contribution >= 4 is 17.3 Å². The lowest BCUT2D eigenvalue weighted by Crippen LogP contribution is -2.42. The van der Waals surface area contributed by atoms with Gasteiger partial charge >= 0.3 is 0 Å². The van der Waals surface area contributed by atoms with Crippen LogP contribution < -0.4 is 10.6 Å². The van der Waals surface area contributed by atoms with Crippen LogP contribution in [0.1, 0.15) is 12.0 Å². The first-order valence-electron chi connectivity index (χ1n) is 7.11. The van der Waals surface area contributed by atoms with Gasteiger partial charge in [-0.05, 0) is 37.1 Å². The zero-order valence-electron chi connectivity index (χ0n) is 12.7. The monoisotopic (exact) mass is 275 g/mol. The Morgan fingerprint density at radius 1 is 1.20 bits per heavy atom. The smallest absolute Gasteiger partial charge is 0.193 e. The molecule has 0 radical (unpaired) electrons. The summed E-state index contributed by atoms with van der Waals surface area (Å²) in [4.78, 5) is 6.39. The van der Waals surface area contributed by atoms with Crippen LogP contribution in [0.25, 0.3) is 0 Å². The van der Waals surface area contributed by atoms with Gasteiger partial charge in [-0.1, -0.05) is 0 Å². The molecule has 0 spiro atoms. The van der Waals surface area contributed by atoms with Crippen LogP contribution in [0.5, 0.6) is 0 Å². The van der Waals surface area contributed by atoms with Crippen LogP contribution in [0.15, 0.2) is 18.2 Å². The Balaban J connectivity index is 2.05. The van der Waals surface area contributed by atoms with Crippen molar-refractivity contribution in [2.24, 2.45) is 0 Å². The molecule has 0 bridgehead atoms. The number of nitrogen functional groups attached to an aromatic ring is 1. The summed E-state index contributed by atoms with van der Waals surface area (Å²) in [6.07, 6.45) is 1.07.